The number of piperazine rings is 1. The van der Waals surface area contributed by atoms with Crippen LogP contribution in [0.2, 0.25) is 0 Å². The number of methoxy groups -OCH3 is 1. The predicted octanol–water partition coefficient (Wildman–Crippen LogP) is 4.12. The van der Waals surface area contributed by atoms with E-state index in [1.165, 1.54) is 28.7 Å². The van der Waals surface area contributed by atoms with Gasteiger partial charge in [-0.1, -0.05) is 53.4 Å². The highest BCUT2D eigenvalue weighted by Gasteiger charge is 2.26. The fourth-order valence-electron chi connectivity index (χ4n) is 3.53. The Morgan fingerprint density at radius 2 is 1.81 bits per heavy atom. The van der Waals surface area contributed by atoms with E-state index in [1.807, 2.05) is 42.2 Å². The van der Waals surface area contributed by atoms with Gasteiger partial charge in [0.05, 0.1) is 12.4 Å². The summed E-state index contributed by atoms with van der Waals surface area (Å²) in [6.07, 6.45) is 0. The van der Waals surface area contributed by atoms with Crippen LogP contribution in [0.25, 0.3) is 0 Å². The molecule has 3 aromatic rings. The molecule has 1 aliphatic heterocycles. The Labute approximate surface area is 196 Å². The van der Waals surface area contributed by atoms with E-state index in [4.69, 9.17) is 4.74 Å². The van der Waals surface area contributed by atoms with Gasteiger partial charge >= 0.3 is 0 Å². The van der Waals surface area contributed by atoms with Gasteiger partial charge in [0, 0.05) is 38.4 Å². The number of aromatic nitrogens is 2. The van der Waals surface area contributed by atoms with Crippen LogP contribution in [-0.2, 0) is 11.3 Å². The van der Waals surface area contributed by atoms with E-state index < -0.39 is 0 Å². The number of ether oxygens (including phenoxy) is 1. The van der Waals surface area contributed by atoms with E-state index in [0.717, 1.165) is 48.5 Å². The predicted molar refractivity (Wildman–Crippen MR) is 130 cm³/mol. The summed E-state index contributed by atoms with van der Waals surface area (Å²) in [5.41, 5.74) is 2.22. The van der Waals surface area contributed by atoms with E-state index in [2.05, 4.69) is 44.7 Å². The van der Waals surface area contributed by atoms with Crippen molar-refractivity contribution < 1.29 is 9.53 Å². The van der Waals surface area contributed by atoms with Crippen molar-refractivity contribution in [1.82, 2.24) is 20.0 Å². The topological polar surface area (TPSA) is 70.6 Å². The molecule has 1 saturated heterocycles. The van der Waals surface area contributed by atoms with Gasteiger partial charge in [-0.25, -0.2) is 0 Å². The summed E-state index contributed by atoms with van der Waals surface area (Å²) >= 11 is 2.92. The number of benzene rings is 2. The molecule has 0 unspecified atom stereocenters. The summed E-state index contributed by atoms with van der Waals surface area (Å²) in [5.74, 6) is 0.964. The van der Waals surface area contributed by atoms with E-state index in [1.54, 1.807) is 7.11 Å². The smallest absolute Gasteiger partial charge is 0.235 e. The Bertz CT molecular complexity index is 1000. The standard InChI is InChI=1S/C23H27N5O2S2/c1-17(21(29)28-14-12-27(13-15-28)16-18-6-4-3-5-7-18)31-23-26-25-22(32-23)24-19-8-10-20(30-2)11-9-19/h3-11,17H,12-16H2,1-2H3,(H,24,25)/t17-/m0/s1. The number of anilines is 2. The fraction of sp³-hybridized carbons (Fsp3) is 0.348. The molecular weight excluding hydrogens is 442 g/mol. The lowest BCUT2D eigenvalue weighted by atomic mass is 10.2. The van der Waals surface area contributed by atoms with Crippen LogP contribution in [0.15, 0.2) is 58.9 Å². The minimum atomic E-state index is -0.197. The number of carbonyl (C=O) groups is 1. The monoisotopic (exact) mass is 469 g/mol. The van der Waals surface area contributed by atoms with Crippen molar-refractivity contribution >= 4 is 39.8 Å². The molecule has 2 aromatic carbocycles. The lowest BCUT2D eigenvalue weighted by Crippen LogP contribution is -2.50. The van der Waals surface area contributed by atoms with Crippen LogP contribution >= 0.6 is 23.1 Å². The van der Waals surface area contributed by atoms with Crippen LogP contribution in [0.1, 0.15) is 12.5 Å². The van der Waals surface area contributed by atoms with Gasteiger partial charge in [-0.2, -0.15) is 0 Å². The van der Waals surface area contributed by atoms with E-state index in [0.29, 0.717) is 5.13 Å². The number of hydrogen-bond acceptors (Lipinski definition) is 8. The highest BCUT2D eigenvalue weighted by molar-refractivity contribution is 8.02. The third-order valence-electron chi connectivity index (χ3n) is 5.31. The second-order valence-electron chi connectivity index (χ2n) is 7.57. The highest BCUT2D eigenvalue weighted by Crippen LogP contribution is 2.31. The molecule has 4 rings (SSSR count). The molecule has 0 spiro atoms. The van der Waals surface area contributed by atoms with Gasteiger partial charge < -0.3 is 15.0 Å². The zero-order chi connectivity index (χ0) is 22.3. The second-order valence-corrected chi connectivity index (χ2v) is 10.1. The van der Waals surface area contributed by atoms with E-state index in [-0.39, 0.29) is 11.2 Å². The molecule has 2 heterocycles. The maximum Gasteiger partial charge on any atom is 0.235 e. The average Bonchev–Trinajstić information content (AvgIpc) is 3.27. The Morgan fingerprint density at radius 3 is 2.50 bits per heavy atom. The van der Waals surface area contributed by atoms with Crippen LogP contribution in [-0.4, -0.2) is 64.4 Å². The Balaban J connectivity index is 1.25. The van der Waals surface area contributed by atoms with Crippen molar-refractivity contribution in [2.24, 2.45) is 0 Å². The molecule has 1 fully saturated rings. The highest BCUT2D eigenvalue weighted by atomic mass is 32.2. The molecule has 1 aromatic heterocycles. The number of nitrogens with one attached hydrogen (secondary N) is 1. The van der Waals surface area contributed by atoms with Gasteiger partial charge in [0.2, 0.25) is 11.0 Å². The van der Waals surface area contributed by atoms with Crippen LogP contribution in [0.4, 0.5) is 10.8 Å². The molecular formula is C23H27N5O2S2. The second kappa shape index (κ2) is 10.8. The van der Waals surface area contributed by atoms with Crippen molar-refractivity contribution in [2.75, 3.05) is 38.6 Å². The van der Waals surface area contributed by atoms with Gasteiger partial charge in [0.15, 0.2) is 4.34 Å². The molecule has 7 nitrogen and oxygen atoms in total. The summed E-state index contributed by atoms with van der Waals surface area (Å²) in [6.45, 7) is 6.19. The molecule has 1 atom stereocenters. The van der Waals surface area contributed by atoms with Gasteiger partial charge in [-0.05, 0) is 36.8 Å². The third-order valence-corrected chi connectivity index (χ3v) is 7.32. The Hall–Kier alpha value is -2.62. The largest absolute Gasteiger partial charge is 0.497 e. The number of hydrogen-bond donors (Lipinski definition) is 1. The Kier molecular flexibility index (Phi) is 7.62. The maximum atomic E-state index is 12.9. The minimum absolute atomic E-state index is 0.161. The normalized spacial score (nSPS) is 15.4. The zero-order valence-electron chi connectivity index (χ0n) is 18.2. The first kappa shape index (κ1) is 22.6. The average molecular weight is 470 g/mol. The molecule has 9 heteroatoms. The maximum absolute atomic E-state index is 12.9. The van der Waals surface area contributed by atoms with Gasteiger partial charge in [0.25, 0.3) is 0 Å². The van der Waals surface area contributed by atoms with Gasteiger partial charge in [-0.15, -0.1) is 10.2 Å². The number of rotatable bonds is 8. The summed E-state index contributed by atoms with van der Waals surface area (Å²) in [5, 5.41) is 12.2. The number of nitrogens with zero attached hydrogens (tertiary/aromatic N) is 4. The van der Waals surface area contributed by atoms with Crippen molar-refractivity contribution in [2.45, 2.75) is 23.1 Å². The van der Waals surface area contributed by atoms with Crippen LogP contribution < -0.4 is 10.1 Å². The molecule has 0 radical (unpaired) electrons. The van der Waals surface area contributed by atoms with Crippen LogP contribution in [0, 0.1) is 0 Å². The van der Waals surface area contributed by atoms with E-state index >= 15 is 0 Å². The van der Waals surface area contributed by atoms with Crippen molar-refractivity contribution in [3.63, 3.8) is 0 Å². The Morgan fingerprint density at radius 1 is 1.09 bits per heavy atom. The van der Waals surface area contributed by atoms with Crippen molar-refractivity contribution in [1.29, 1.82) is 0 Å². The fourth-order valence-corrected chi connectivity index (χ4v) is 5.53. The lowest BCUT2D eigenvalue weighted by molar-refractivity contribution is -0.132. The number of amides is 1. The van der Waals surface area contributed by atoms with Crippen LogP contribution in [0.5, 0.6) is 5.75 Å². The summed E-state index contributed by atoms with van der Waals surface area (Å²) in [4.78, 5) is 17.3. The quantitative estimate of drug-likeness (QED) is 0.498. The molecule has 1 aliphatic rings. The van der Waals surface area contributed by atoms with Crippen molar-refractivity contribution in [3.05, 3.63) is 60.2 Å². The molecule has 1 amide bonds. The minimum Gasteiger partial charge on any atom is -0.497 e. The number of carbonyl (C=O) groups excluding carboxylic acids is 1. The molecule has 0 saturated carbocycles. The lowest BCUT2D eigenvalue weighted by Gasteiger charge is -2.35. The molecule has 32 heavy (non-hydrogen) atoms. The summed E-state index contributed by atoms with van der Waals surface area (Å²) < 4.78 is 5.96. The zero-order valence-corrected chi connectivity index (χ0v) is 19.9. The molecule has 0 bridgehead atoms. The first-order valence-corrected chi connectivity index (χ1v) is 12.3. The molecule has 0 aliphatic carbocycles. The first-order valence-electron chi connectivity index (χ1n) is 10.6. The summed E-state index contributed by atoms with van der Waals surface area (Å²) in [7, 11) is 1.64. The van der Waals surface area contributed by atoms with Gasteiger partial charge in [0.1, 0.15) is 5.75 Å². The third kappa shape index (κ3) is 5.99. The molecule has 1 N–H and O–H groups in total. The SMILES string of the molecule is COc1ccc(Nc2nnc(S[C@@H](C)C(=O)N3CCN(Cc4ccccc4)CC3)s2)cc1. The van der Waals surface area contributed by atoms with E-state index in [9.17, 15) is 4.79 Å². The first-order chi connectivity index (χ1) is 15.6. The molecule has 168 valence electrons. The van der Waals surface area contributed by atoms with Crippen molar-refractivity contribution in [3.8, 4) is 5.75 Å². The van der Waals surface area contributed by atoms with Crippen LogP contribution in [0.3, 0.4) is 0 Å². The number of thioether (sulfide) groups is 1. The van der Waals surface area contributed by atoms with Gasteiger partial charge in [-0.3, -0.25) is 9.69 Å². The summed E-state index contributed by atoms with van der Waals surface area (Å²) in [6, 6.07) is 18.1.